The number of benzene rings is 2. The third kappa shape index (κ3) is 22.4. The number of rotatable bonds is 9. The Balaban J connectivity index is 0. The van der Waals surface area contributed by atoms with E-state index in [2.05, 4.69) is 26.6 Å². The van der Waals surface area contributed by atoms with E-state index >= 15 is 0 Å². The van der Waals surface area contributed by atoms with Crippen LogP contribution in [-0.2, 0) is 44.2 Å². The summed E-state index contributed by atoms with van der Waals surface area (Å²) < 4.78 is 70.3. The number of carbonyl (C=O) groups is 5. The average molecular weight is 701 g/mol. The molecule has 1 unspecified atom stereocenters. The molecule has 0 bridgehead atoms. The molecule has 0 saturated carbocycles. The van der Waals surface area contributed by atoms with Crippen molar-refractivity contribution in [1.82, 2.24) is 10.6 Å². The molecule has 47 heavy (non-hydrogen) atoms. The Hall–Kier alpha value is -4.81. The SMILES string of the molecule is CC(=O)O.CCN=C=NC(=O)c1cccc(S(=O)(=O)[O-])c1.CCNC(=O)CC(OC(C)=O)c1cccc(S(=O)(=O)[O-])c1.CNC(C)=O. The van der Waals surface area contributed by atoms with Crippen LogP contribution in [0.25, 0.3) is 0 Å². The number of carboxylic acid groups (broad SMARTS) is 1. The maximum Gasteiger partial charge on any atom is 0.303 e. The van der Waals surface area contributed by atoms with Crippen LogP contribution in [0.3, 0.4) is 0 Å². The molecule has 2 aromatic carbocycles. The molecular formula is C28H36N4O13S2-2. The molecule has 1 atom stereocenters. The number of ether oxygens (including phenoxy) is 1. The fourth-order valence-electron chi connectivity index (χ4n) is 2.74. The van der Waals surface area contributed by atoms with Crippen molar-refractivity contribution in [2.24, 2.45) is 9.98 Å². The van der Waals surface area contributed by atoms with Gasteiger partial charge in [0.2, 0.25) is 11.8 Å². The Bertz CT molecular complexity index is 1650. The maximum absolute atomic E-state index is 11.6. The summed E-state index contributed by atoms with van der Waals surface area (Å²) in [6.07, 6.45) is -1.11. The highest BCUT2D eigenvalue weighted by Crippen LogP contribution is 2.24. The van der Waals surface area contributed by atoms with Crippen molar-refractivity contribution < 1.29 is 59.8 Å². The van der Waals surface area contributed by atoms with Crippen LogP contribution in [0.1, 0.15) is 63.1 Å². The molecule has 0 radical (unpaired) electrons. The van der Waals surface area contributed by atoms with Crippen LogP contribution >= 0.6 is 0 Å². The largest absolute Gasteiger partial charge is 0.744 e. The Morgan fingerprint density at radius 2 is 1.40 bits per heavy atom. The molecule has 3 N–H and O–H groups in total. The van der Waals surface area contributed by atoms with Crippen LogP contribution in [0.5, 0.6) is 0 Å². The highest BCUT2D eigenvalue weighted by Gasteiger charge is 2.20. The zero-order chi connectivity index (χ0) is 36.8. The van der Waals surface area contributed by atoms with Gasteiger partial charge in [0.25, 0.3) is 11.9 Å². The lowest BCUT2D eigenvalue weighted by molar-refractivity contribution is -0.148. The Labute approximate surface area is 272 Å². The van der Waals surface area contributed by atoms with Gasteiger partial charge in [0.05, 0.1) is 22.2 Å². The smallest absolute Gasteiger partial charge is 0.303 e. The minimum Gasteiger partial charge on any atom is -0.744 e. The van der Waals surface area contributed by atoms with Crippen molar-refractivity contribution in [2.45, 2.75) is 56.9 Å². The predicted molar refractivity (Wildman–Crippen MR) is 164 cm³/mol. The minimum atomic E-state index is -4.62. The van der Waals surface area contributed by atoms with Gasteiger partial charge in [0.15, 0.2) is 0 Å². The fourth-order valence-corrected chi connectivity index (χ4v) is 3.78. The lowest BCUT2D eigenvalue weighted by Gasteiger charge is -2.18. The van der Waals surface area contributed by atoms with Gasteiger partial charge in [-0.2, -0.15) is 0 Å². The summed E-state index contributed by atoms with van der Waals surface area (Å²) in [6.45, 7) is 8.08. The maximum atomic E-state index is 11.6. The number of aliphatic carboxylic acids is 1. The van der Waals surface area contributed by atoms with Crippen LogP contribution in [0, 0.1) is 0 Å². The van der Waals surface area contributed by atoms with Crippen molar-refractivity contribution in [1.29, 1.82) is 0 Å². The van der Waals surface area contributed by atoms with Gasteiger partial charge < -0.3 is 29.6 Å². The number of carbonyl (C=O) groups excluding carboxylic acids is 4. The minimum absolute atomic E-state index is 0.000674. The molecule has 0 spiro atoms. The van der Waals surface area contributed by atoms with Crippen LogP contribution in [0.2, 0.25) is 0 Å². The number of amides is 3. The third-order valence-electron chi connectivity index (χ3n) is 4.67. The van der Waals surface area contributed by atoms with E-state index in [-0.39, 0.29) is 29.4 Å². The zero-order valence-electron chi connectivity index (χ0n) is 26.4. The summed E-state index contributed by atoms with van der Waals surface area (Å²) >= 11 is 0. The second kappa shape index (κ2) is 22.7. The second-order valence-corrected chi connectivity index (χ2v) is 11.3. The molecule has 2 aromatic rings. The summed E-state index contributed by atoms with van der Waals surface area (Å²) in [5.74, 6) is -2.49. The number of esters is 1. The average Bonchev–Trinajstić information content (AvgIpc) is 2.96. The number of nitrogens with one attached hydrogen (secondary N) is 2. The molecule has 19 heteroatoms. The van der Waals surface area contributed by atoms with Gasteiger partial charge in [0, 0.05) is 46.5 Å². The Morgan fingerprint density at radius 1 is 0.915 bits per heavy atom. The van der Waals surface area contributed by atoms with E-state index in [1.807, 2.05) is 0 Å². The molecule has 0 fully saturated rings. The van der Waals surface area contributed by atoms with Crippen LogP contribution < -0.4 is 10.6 Å². The Kier molecular flexibility index (Phi) is 21.4. The zero-order valence-corrected chi connectivity index (χ0v) is 28.0. The van der Waals surface area contributed by atoms with E-state index < -0.39 is 54.0 Å². The van der Waals surface area contributed by atoms with Gasteiger partial charge >= 0.3 is 5.97 Å². The lowest BCUT2D eigenvalue weighted by atomic mass is 10.1. The number of nitrogens with zero attached hydrogens (tertiary/aromatic N) is 2. The number of aliphatic imine (C=N–C) groups is 2. The van der Waals surface area contributed by atoms with Crippen molar-refractivity contribution in [3.63, 3.8) is 0 Å². The molecule has 2 rings (SSSR count). The normalized spacial score (nSPS) is 10.6. The van der Waals surface area contributed by atoms with Crippen LogP contribution in [-0.4, -0.2) is 86.9 Å². The standard InChI is InChI=1S/C13H17NO6S.C10H10N2O4S.C3H7NO.C2H4O2/c1-3-14-13(16)8-12(20-9(2)15)10-5-4-6-11(7-10)21(17,18)19;1-2-11-7-12-10(13)8-4-3-5-9(6-8)17(14,15)16;1-3(5)4-2;1-2(3)4/h4-7,12H,3,8H2,1-2H3,(H,14,16)(H,17,18,19);3-6H,2H2,1H3,(H,14,15,16);1-2H3,(H,4,5);1H3,(H,3,4)/p-2. The topological polar surface area (TPSA) is 278 Å². The first kappa shape index (κ1) is 44.3. The van der Waals surface area contributed by atoms with Crippen molar-refractivity contribution in [3.05, 3.63) is 59.7 Å². The van der Waals surface area contributed by atoms with E-state index in [1.54, 1.807) is 20.9 Å². The lowest BCUT2D eigenvalue weighted by Crippen LogP contribution is -2.26. The highest BCUT2D eigenvalue weighted by molar-refractivity contribution is 7.86. The number of hydrogen-bond donors (Lipinski definition) is 3. The van der Waals surface area contributed by atoms with Crippen molar-refractivity contribution in [3.8, 4) is 0 Å². The molecule has 0 aliphatic heterocycles. The van der Waals surface area contributed by atoms with Gasteiger partial charge in [-0.1, -0.05) is 18.2 Å². The molecule has 0 heterocycles. The van der Waals surface area contributed by atoms with Gasteiger partial charge in [-0.15, -0.1) is 4.99 Å². The molecule has 260 valence electrons. The molecular weight excluding hydrogens is 664 g/mol. The van der Waals surface area contributed by atoms with Gasteiger partial charge in [0.1, 0.15) is 26.3 Å². The van der Waals surface area contributed by atoms with E-state index in [0.29, 0.717) is 13.1 Å². The highest BCUT2D eigenvalue weighted by atomic mass is 32.2. The van der Waals surface area contributed by atoms with Gasteiger partial charge in [-0.25, -0.2) is 21.8 Å². The molecule has 0 aromatic heterocycles. The first-order valence-corrected chi connectivity index (χ1v) is 16.1. The molecule has 0 aliphatic carbocycles. The first-order valence-electron chi connectivity index (χ1n) is 13.3. The number of hydrogen-bond acceptors (Lipinski definition) is 13. The summed E-state index contributed by atoms with van der Waals surface area (Å²) in [5.41, 5.74) is 0.272. The van der Waals surface area contributed by atoms with Crippen molar-refractivity contribution >= 4 is 55.9 Å². The molecule has 3 amide bonds. The predicted octanol–water partition coefficient (Wildman–Crippen LogP) is 1.49. The van der Waals surface area contributed by atoms with E-state index in [9.17, 15) is 45.1 Å². The second-order valence-electron chi connectivity index (χ2n) is 8.58. The van der Waals surface area contributed by atoms with Crippen molar-refractivity contribution in [2.75, 3.05) is 20.1 Å². The summed E-state index contributed by atoms with van der Waals surface area (Å²) in [6, 6.07) is 12.0. The van der Waals surface area contributed by atoms with E-state index in [4.69, 9.17) is 14.6 Å². The van der Waals surface area contributed by atoms with Gasteiger partial charge in [-0.3, -0.25) is 24.0 Å². The van der Waals surface area contributed by atoms with Crippen LogP contribution in [0.4, 0.5) is 0 Å². The first-order chi connectivity index (χ1) is 21.7. The summed E-state index contributed by atoms with van der Waals surface area (Å²) in [4.78, 5) is 58.9. The third-order valence-corrected chi connectivity index (χ3v) is 6.34. The molecule has 0 aliphatic rings. The summed E-state index contributed by atoms with van der Waals surface area (Å²) in [7, 11) is -7.59. The van der Waals surface area contributed by atoms with Crippen LogP contribution in [0.15, 0.2) is 68.3 Å². The van der Waals surface area contributed by atoms with E-state index in [0.717, 1.165) is 31.2 Å². The number of carboxylic acids is 1. The fraction of sp³-hybridized carbons (Fsp3) is 0.357. The summed E-state index contributed by atoms with van der Waals surface area (Å²) in [5, 5.41) is 12.4. The quantitative estimate of drug-likeness (QED) is 0.190. The molecule has 0 saturated heterocycles. The Morgan fingerprint density at radius 3 is 1.83 bits per heavy atom. The molecule has 17 nitrogen and oxygen atoms in total. The van der Waals surface area contributed by atoms with Gasteiger partial charge in [-0.05, 0) is 49.7 Å². The monoisotopic (exact) mass is 700 g/mol. The van der Waals surface area contributed by atoms with E-state index in [1.165, 1.54) is 38.1 Å².